The van der Waals surface area contributed by atoms with Gasteiger partial charge >= 0.3 is 0 Å². The van der Waals surface area contributed by atoms with Crippen molar-refractivity contribution in [2.75, 3.05) is 46.4 Å². The molecule has 0 radical (unpaired) electrons. The topological polar surface area (TPSA) is 51.5 Å². The SMILES string of the molecule is COc1cc(CN2CCC(N3CCNCC3)C2)ccc1C#N.Cl. The van der Waals surface area contributed by atoms with E-state index in [0.717, 1.165) is 32.7 Å². The van der Waals surface area contributed by atoms with Crippen LogP contribution in [0.1, 0.15) is 17.5 Å². The largest absolute Gasteiger partial charge is 0.495 e. The molecule has 3 rings (SSSR count). The number of ether oxygens (including phenoxy) is 1. The molecular formula is C17H25ClN4O. The molecule has 0 aliphatic carbocycles. The van der Waals surface area contributed by atoms with E-state index in [4.69, 9.17) is 10.00 Å². The van der Waals surface area contributed by atoms with E-state index in [1.54, 1.807) is 7.11 Å². The van der Waals surface area contributed by atoms with Crippen LogP contribution in [0, 0.1) is 11.3 Å². The van der Waals surface area contributed by atoms with Gasteiger partial charge in [0.05, 0.1) is 12.7 Å². The van der Waals surface area contributed by atoms with Crippen molar-refractivity contribution in [2.24, 2.45) is 0 Å². The Morgan fingerprint density at radius 3 is 2.78 bits per heavy atom. The maximum atomic E-state index is 9.05. The Hall–Kier alpha value is -1.32. The van der Waals surface area contributed by atoms with Gasteiger partial charge in [-0.2, -0.15) is 5.26 Å². The Bertz CT molecular complexity index is 554. The van der Waals surface area contributed by atoms with Crippen LogP contribution in [0.25, 0.3) is 0 Å². The van der Waals surface area contributed by atoms with E-state index >= 15 is 0 Å². The van der Waals surface area contributed by atoms with Crippen LogP contribution in [-0.2, 0) is 6.54 Å². The van der Waals surface area contributed by atoms with E-state index in [-0.39, 0.29) is 12.4 Å². The van der Waals surface area contributed by atoms with Crippen LogP contribution in [-0.4, -0.2) is 62.2 Å². The maximum Gasteiger partial charge on any atom is 0.136 e. The number of hydrogen-bond acceptors (Lipinski definition) is 5. The van der Waals surface area contributed by atoms with Crippen molar-refractivity contribution in [2.45, 2.75) is 19.0 Å². The average Bonchev–Trinajstić information content (AvgIpc) is 3.04. The quantitative estimate of drug-likeness (QED) is 0.902. The van der Waals surface area contributed by atoms with Crippen LogP contribution in [0.2, 0.25) is 0 Å². The summed E-state index contributed by atoms with van der Waals surface area (Å²) in [6.45, 7) is 7.79. The molecule has 23 heavy (non-hydrogen) atoms. The normalized spacial score (nSPS) is 22.3. The first-order valence-electron chi connectivity index (χ1n) is 8.04. The predicted molar refractivity (Wildman–Crippen MR) is 93.1 cm³/mol. The summed E-state index contributed by atoms with van der Waals surface area (Å²) in [4.78, 5) is 5.13. The summed E-state index contributed by atoms with van der Waals surface area (Å²) < 4.78 is 5.30. The van der Waals surface area contributed by atoms with E-state index in [9.17, 15) is 0 Å². The lowest BCUT2D eigenvalue weighted by Gasteiger charge is -2.32. The van der Waals surface area contributed by atoms with Gasteiger partial charge in [-0.1, -0.05) is 6.07 Å². The van der Waals surface area contributed by atoms with Gasteiger partial charge in [0, 0.05) is 51.9 Å². The van der Waals surface area contributed by atoms with Crippen molar-refractivity contribution in [1.29, 1.82) is 5.26 Å². The summed E-state index contributed by atoms with van der Waals surface area (Å²) in [5.74, 6) is 0.679. The Morgan fingerprint density at radius 1 is 1.30 bits per heavy atom. The first-order valence-corrected chi connectivity index (χ1v) is 8.04. The number of rotatable bonds is 4. The smallest absolute Gasteiger partial charge is 0.136 e. The molecule has 1 N–H and O–H groups in total. The molecule has 2 aliphatic rings. The van der Waals surface area contributed by atoms with Gasteiger partial charge in [0.2, 0.25) is 0 Å². The molecule has 1 aromatic carbocycles. The average molecular weight is 337 g/mol. The van der Waals surface area contributed by atoms with Crippen LogP contribution < -0.4 is 10.1 Å². The highest BCUT2D eigenvalue weighted by Gasteiger charge is 2.28. The molecule has 2 heterocycles. The standard InChI is InChI=1S/C17H24N4O.ClH/c1-22-17-10-14(2-3-15(17)11-18)12-20-7-4-16(13-20)21-8-5-19-6-9-21;/h2-3,10,16,19H,4-9,12-13H2,1H3;1H. The number of nitrogens with one attached hydrogen (secondary N) is 1. The van der Waals surface area contributed by atoms with E-state index in [1.807, 2.05) is 18.2 Å². The van der Waals surface area contributed by atoms with Crippen LogP contribution >= 0.6 is 12.4 Å². The van der Waals surface area contributed by atoms with Crippen molar-refractivity contribution in [3.63, 3.8) is 0 Å². The van der Waals surface area contributed by atoms with Gasteiger partial charge in [0.1, 0.15) is 11.8 Å². The fourth-order valence-electron chi connectivity index (χ4n) is 3.49. The molecule has 0 aromatic heterocycles. The first kappa shape index (κ1) is 18.0. The molecule has 1 aromatic rings. The highest BCUT2D eigenvalue weighted by molar-refractivity contribution is 5.85. The number of methoxy groups -OCH3 is 1. The third-order valence-electron chi connectivity index (χ3n) is 4.71. The van der Waals surface area contributed by atoms with Gasteiger partial charge in [0.25, 0.3) is 0 Å². The van der Waals surface area contributed by atoms with Gasteiger partial charge < -0.3 is 10.1 Å². The monoisotopic (exact) mass is 336 g/mol. The zero-order valence-corrected chi connectivity index (χ0v) is 14.4. The molecule has 2 saturated heterocycles. The highest BCUT2D eigenvalue weighted by atomic mass is 35.5. The summed E-state index contributed by atoms with van der Waals surface area (Å²) in [5, 5.41) is 12.5. The van der Waals surface area contributed by atoms with Gasteiger partial charge in [-0.25, -0.2) is 0 Å². The molecule has 2 fully saturated rings. The summed E-state index contributed by atoms with van der Waals surface area (Å²) in [5.41, 5.74) is 1.82. The number of hydrogen-bond donors (Lipinski definition) is 1. The predicted octanol–water partition coefficient (Wildman–Crippen LogP) is 1.47. The molecule has 6 heteroatoms. The van der Waals surface area contributed by atoms with E-state index < -0.39 is 0 Å². The number of halogens is 1. The Balaban J connectivity index is 0.00000192. The van der Waals surface area contributed by atoms with Crippen molar-refractivity contribution in [1.82, 2.24) is 15.1 Å². The van der Waals surface area contributed by atoms with Gasteiger partial charge in [0.15, 0.2) is 0 Å². The third-order valence-corrected chi connectivity index (χ3v) is 4.71. The molecule has 0 bridgehead atoms. The van der Waals surface area contributed by atoms with Crippen LogP contribution in [0.15, 0.2) is 18.2 Å². The zero-order valence-electron chi connectivity index (χ0n) is 13.6. The lowest BCUT2D eigenvalue weighted by atomic mass is 10.1. The third kappa shape index (κ3) is 4.36. The fourth-order valence-corrected chi connectivity index (χ4v) is 3.49. The first-order chi connectivity index (χ1) is 10.8. The van der Waals surface area contributed by atoms with Crippen molar-refractivity contribution < 1.29 is 4.74 Å². The molecule has 0 saturated carbocycles. The molecule has 5 nitrogen and oxygen atoms in total. The molecule has 1 unspecified atom stereocenters. The second-order valence-electron chi connectivity index (χ2n) is 6.11. The maximum absolute atomic E-state index is 9.05. The molecular weight excluding hydrogens is 312 g/mol. The second-order valence-corrected chi connectivity index (χ2v) is 6.11. The summed E-state index contributed by atoms with van der Waals surface area (Å²) in [7, 11) is 1.62. The zero-order chi connectivity index (χ0) is 15.4. The van der Waals surface area contributed by atoms with Crippen LogP contribution in [0.4, 0.5) is 0 Å². The van der Waals surface area contributed by atoms with Gasteiger partial charge in [-0.3, -0.25) is 9.80 Å². The molecule has 0 spiro atoms. The summed E-state index contributed by atoms with van der Waals surface area (Å²) in [6.07, 6.45) is 1.26. The summed E-state index contributed by atoms with van der Waals surface area (Å²) >= 11 is 0. The Morgan fingerprint density at radius 2 is 2.09 bits per heavy atom. The number of likely N-dealkylation sites (tertiary alicyclic amines) is 1. The minimum absolute atomic E-state index is 0. The minimum Gasteiger partial charge on any atom is -0.495 e. The fraction of sp³-hybridized carbons (Fsp3) is 0.588. The molecule has 1 atom stereocenters. The van der Waals surface area contributed by atoms with E-state index in [1.165, 1.54) is 25.1 Å². The lowest BCUT2D eigenvalue weighted by Crippen LogP contribution is -2.49. The molecule has 0 amide bonds. The number of nitriles is 1. The molecule has 2 aliphatic heterocycles. The second kappa shape index (κ2) is 8.51. The Kier molecular flexibility index (Phi) is 6.67. The van der Waals surface area contributed by atoms with E-state index in [0.29, 0.717) is 17.4 Å². The van der Waals surface area contributed by atoms with Crippen molar-refractivity contribution in [3.8, 4) is 11.8 Å². The van der Waals surface area contributed by atoms with Gasteiger partial charge in [-0.05, 0) is 24.1 Å². The molecule has 126 valence electrons. The van der Waals surface area contributed by atoms with E-state index in [2.05, 4.69) is 21.2 Å². The number of nitrogens with zero attached hydrogens (tertiary/aromatic N) is 3. The van der Waals surface area contributed by atoms with Crippen LogP contribution in [0.5, 0.6) is 5.75 Å². The number of benzene rings is 1. The minimum atomic E-state index is 0. The highest BCUT2D eigenvalue weighted by Crippen LogP contribution is 2.23. The lowest BCUT2D eigenvalue weighted by molar-refractivity contribution is 0.170. The number of piperazine rings is 1. The summed E-state index contributed by atoms with van der Waals surface area (Å²) in [6, 6.07) is 8.76. The Labute approximate surface area is 144 Å². The van der Waals surface area contributed by atoms with Crippen LogP contribution in [0.3, 0.4) is 0 Å². The van der Waals surface area contributed by atoms with Crippen molar-refractivity contribution in [3.05, 3.63) is 29.3 Å². The van der Waals surface area contributed by atoms with Crippen molar-refractivity contribution >= 4 is 12.4 Å². The van der Waals surface area contributed by atoms with Gasteiger partial charge in [-0.15, -0.1) is 12.4 Å².